The van der Waals surface area contributed by atoms with E-state index in [1.54, 1.807) is 44.4 Å². The molecule has 0 spiro atoms. The molecule has 0 unspecified atom stereocenters. The molecule has 0 amide bonds. The average molecular weight is 515 g/mol. The Morgan fingerprint density at radius 3 is 2.54 bits per heavy atom. The maximum atomic E-state index is 13.8. The lowest BCUT2D eigenvalue weighted by atomic mass is 9.93. The Hall–Kier alpha value is -4.30. The number of ether oxygens (including phenoxy) is 2. The molecule has 186 valence electrons. The highest BCUT2D eigenvalue weighted by molar-refractivity contribution is 7.07. The minimum atomic E-state index is -0.795. The Labute approximate surface area is 216 Å². The molecule has 2 heterocycles. The largest absolute Gasteiger partial charge is 0.497 e. The highest BCUT2D eigenvalue weighted by atomic mass is 32.1. The fourth-order valence-corrected chi connectivity index (χ4v) is 5.28. The van der Waals surface area contributed by atoms with Crippen molar-refractivity contribution in [2.75, 3.05) is 13.7 Å². The van der Waals surface area contributed by atoms with Crippen LogP contribution in [0.5, 0.6) is 5.75 Å². The molecule has 0 fully saturated rings. The molecule has 1 atom stereocenters. The number of fused-ring (bicyclic) bond motifs is 1. The van der Waals surface area contributed by atoms with Crippen molar-refractivity contribution in [2.24, 2.45) is 4.99 Å². The molecule has 0 saturated heterocycles. The van der Waals surface area contributed by atoms with E-state index in [-0.39, 0.29) is 23.6 Å². The number of esters is 1. The smallest absolute Gasteiger partial charge is 0.338 e. The Morgan fingerprint density at radius 1 is 1.08 bits per heavy atom. The fraction of sp³-hybridized carbons (Fsp3) is 0.138. The Morgan fingerprint density at radius 2 is 1.84 bits per heavy atom. The standard InChI is InChI=1S/C29H23FN2O4S/c1-3-36-28(34)24-25(19-8-5-4-6-9-19)31-29-32(26(24)20-10-7-11-22(17-20)35-2)27(33)23(37-29)16-18-12-14-21(30)15-13-18/h4-17,26H,3H2,1-2H3/b23-16-/t26-/m1/s1. The van der Waals surface area contributed by atoms with Crippen LogP contribution in [0.15, 0.2) is 94.2 Å². The van der Waals surface area contributed by atoms with Gasteiger partial charge in [-0.3, -0.25) is 9.36 Å². The number of hydrogen-bond donors (Lipinski definition) is 0. The maximum Gasteiger partial charge on any atom is 0.338 e. The second kappa shape index (κ2) is 10.4. The molecule has 5 rings (SSSR count). The molecule has 1 aliphatic heterocycles. The van der Waals surface area contributed by atoms with E-state index in [2.05, 4.69) is 0 Å². The third-order valence-corrected chi connectivity index (χ3v) is 6.93. The average Bonchev–Trinajstić information content (AvgIpc) is 3.24. The first-order valence-corrected chi connectivity index (χ1v) is 12.5. The zero-order chi connectivity index (χ0) is 25.9. The van der Waals surface area contributed by atoms with Crippen molar-refractivity contribution in [1.29, 1.82) is 0 Å². The molecule has 3 aromatic carbocycles. The van der Waals surface area contributed by atoms with Gasteiger partial charge in [-0.1, -0.05) is 65.9 Å². The number of carbonyl (C=O) groups is 1. The molecule has 1 aliphatic rings. The van der Waals surface area contributed by atoms with Gasteiger partial charge in [-0.25, -0.2) is 14.2 Å². The van der Waals surface area contributed by atoms with Crippen molar-refractivity contribution in [3.05, 3.63) is 127 Å². The first-order chi connectivity index (χ1) is 18.0. The van der Waals surface area contributed by atoms with Gasteiger partial charge in [0.05, 0.1) is 35.6 Å². The van der Waals surface area contributed by atoms with E-state index in [1.807, 2.05) is 42.5 Å². The van der Waals surface area contributed by atoms with E-state index in [0.717, 1.165) is 5.56 Å². The highest BCUT2D eigenvalue weighted by Gasteiger charge is 2.35. The monoisotopic (exact) mass is 514 g/mol. The molecular formula is C29H23FN2O4S. The number of carbonyl (C=O) groups excluding carboxylic acids is 1. The first-order valence-electron chi connectivity index (χ1n) is 11.7. The van der Waals surface area contributed by atoms with E-state index in [4.69, 9.17) is 14.5 Å². The molecule has 0 saturated carbocycles. The van der Waals surface area contributed by atoms with E-state index in [9.17, 15) is 14.0 Å². The zero-order valence-corrected chi connectivity index (χ0v) is 21.0. The van der Waals surface area contributed by atoms with Crippen LogP contribution < -0.4 is 19.6 Å². The summed E-state index contributed by atoms with van der Waals surface area (Å²) < 4.78 is 26.3. The van der Waals surface area contributed by atoms with Gasteiger partial charge in [-0.05, 0) is 48.4 Å². The number of halogens is 1. The van der Waals surface area contributed by atoms with E-state index in [1.165, 1.54) is 28.0 Å². The molecule has 1 aromatic heterocycles. The van der Waals surface area contributed by atoms with Crippen LogP contribution in [0.4, 0.5) is 4.39 Å². The van der Waals surface area contributed by atoms with Gasteiger partial charge < -0.3 is 9.47 Å². The topological polar surface area (TPSA) is 69.9 Å². The van der Waals surface area contributed by atoms with Crippen molar-refractivity contribution < 1.29 is 18.7 Å². The summed E-state index contributed by atoms with van der Waals surface area (Å²) in [5.41, 5.74) is 2.49. The summed E-state index contributed by atoms with van der Waals surface area (Å²) >= 11 is 1.21. The van der Waals surface area contributed by atoms with Crippen LogP contribution in [0.25, 0.3) is 11.8 Å². The number of thiazole rings is 1. The third-order valence-electron chi connectivity index (χ3n) is 5.95. The zero-order valence-electron chi connectivity index (χ0n) is 20.2. The van der Waals surface area contributed by atoms with Crippen LogP contribution in [0.3, 0.4) is 0 Å². The lowest BCUT2D eigenvalue weighted by Crippen LogP contribution is -2.40. The van der Waals surface area contributed by atoms with Gasteiger partial charge in [0, 0.05) is 5.56 Å². The summed E-state index contributed by atoms with van der Waals surface area (Å²) in [5.74, 6) is -0.318. The predicted molar refractivity (Wildman–Crippen MR) is 140 cm³/mol. The molecule has 0 aliphatic carbocycles. The summed E-state index contributed by atoms with van der Waals surface area (Å²) in [7, 11) is 1.56. The van der Waals surface area contributed by atoms with Crippen molar-refractivity contribution in [3.63, 3.8) is 0 Å². The number of benzene rings is 3. The number of aromatic nitrogens is 1. The molecule has 0 N–H and O–H groups in total. The number of rotatable bonds is 6. The van der Waals surface area contributed by atoms with Crippen LogP contribution in [0, 0.1) is 5.82 Å². The minimum absolute atomic E-state index is 0.171. The molecule has 8 heteroatoms. The highest BCUT2D eigenvalue weighted by Crippen LogP contribution is 2.36. The van der Waals surface area contributed by atoms with E-state index in [0.29, 0.717) is 31.9 Å². The number of nitrogens with zero attached hydrogens (tertiary/aromatic N) is 2. The van der Waals surface area contributed by atoms with Crippen molar-refractivity contribution >= 4 is 29.1 Å². The van der Waals surface area contributed by atoms with Gasteiger partial charge in [0.15, 0.2) is 4.80 Å². The summed E-state index contributed by atoms with van der Waals surface area (Å²) in [6, 6.07) is 21.7. The van der Waals surface area contributed by atoms with Gasteiger partial charge in [-0.15, -0.1) is 0 Å². The third kappa shape index (κ3) is 4.75. The van der Waals surface area contributed by atoms with Crippen LogP contribution in [-0.2, 0) is 9.53 Å². The van der Waals surface area contributed by atoms with Crippen molar-refractivity contribution in [1.82, 2.24) is 4.57 Å². The van der Waals surface area contributed by atoms with Gasteiger partial charge in [-0.2, -0.15) is 0 Å². The molecule has 0 radical (unpaired) electrons. The second-order valence-corrected chi connectivity index (χ2v) is 9.27. The van der Waals surface area contributed by atoms with E-state index < -0.39 is 12.0 Å². The van der Waals surface area contributed by atoms with Gasteiger partial charge in [0.1, 0.15) is 11.6 Å². The van der Waals surface area contributed by atoms with Gasteiger partial charge in [0.25, 0.3) is 5.56 Å². The van der Waals surface area contributed by atoms with Crippen LogP contribution >= 0.6 is 11.3 Å². The SMILES string of the molecule is CCOC(=O)C1=C(c2ccccc2)N=c2s/c(=C\c3ccc(F)cc3)c(=O)n2[C@@H]1c1cccc(OC)c1. The normalized spacial score (nSPS) is 15.2. The fourth-order valence-electron chi connectivity index (χ4n) is 4.28. The maximum absolute atomic E-state index is 13.8. The van der Waals surface area contributed by atoms with Crippen LogP contribution in [0.2, 0.25) is 0 Å². The Balaban J connectivity index is 1.83. The molecular weight excluding hydrogens is 491 g/mol. The molecule has 0 bridgehead atoms. The van der Waals surface area contributed by atoms with Crippen LogP contribution in [0.1, 0.15) is 29.7 Å². The van der Waals surface area contributed by atoms with Crippen molar-refractivity contribution in [3.8, 4) is 5.75 Å². The summed E-state index contributed by atoms with van der Waals surface area (Å²) in [6.07, 6.45) is 1.70. The molecule has 37 heavy (non-hydrogen) atoms. The summed E-state index contributed by atoms with van der Waals surface area (Å²) in [6.45, 7) is 1.91. The number of hydrogen-bond acceptors (Lipinski definition) is 6. The van der Waals surface area contributed by atoms with Gasteiger partial charge >= 0.3 is 5.97 Å². The Bertz CT molecular complexity index is 1670. The summed E-state index contributed by atoms with van der Waals surface area (Å²) in [5, 5.41) is 0. The van der Waals surface area contributed by atoms with E-state index >= 15 is 0 Å². The summed E-state index contributed by atoms with van der Waals surface area (Å²) in [4.78, 5) is 32.5. The second-order valence-electron chi connectivity index (χ2n) is 8.26. The number of methoxy groups -OCH3 is 1. The molecule has 6 nitrogen and oxygen atoms in total. The Kier molecular flexibility index (Phi) is 6.83. The first kappa shape index (κ1) is 24.4. The quantitative estimate of drug-likeness (QED) is 0.364. The lowest BCUT2D eigenvalue weighted by Gasteiger charge is -2.26. The van der Waals surface area contributed by atoms with Crippen molar-refractivity contribution in [2.45, 2.75) is 13.0 Å². The molecule has 4 aromatic rings. The predicted octanol–water partition coefficient (Wildman–Crippen LogP) is 4.08. The lowest BCUT2D eigenvalue weighted by molar-refractivity contribution is -0.138. The van der Waals surface area contributed by atoms with Gasteiger partial charge in [0.2, 0.25) is 0 Å². The minimum Gasteiger partial charge on any atom is -0.497 e. The van der Waals surface area contributed by atoms with Crippen LogP contribution in [-0.4, -0.2) is 24.3 Å².